The summed E-state index contributed by atoms with van der Waals surface area (Å²) in [5.41, 5.74) is 4.40. The van der Waals surface area contributed by atoms with Gasteiger partial charge in [-0.3, -0.25) is 14.5 Å². The molecule has 130 valence electrons. The summed E-state index contributed by atoms with van der Waals surface area (Å²) in [6.07, 6.45) is 2.24. The van der Waals surface area contributed by atoms with E-state index >= 15 is 0 Å². The van der Waals surface area contributed by atoms with Gasteiger partial charge in [0.2, 0.25) is 0 Å². The van der Waals surface area contributed by atoms with Crippen molar-refractivity contribution in [1.29, 1.82) is 0 Å². The van der Waals surface area contributed by atoms with Crippen LogP contribution in [0, 0.1) is 20.8 Å². The molecule has 1 amide bonds. The van der Waals surface area contributed by atoms with Gasteiger partial charge in [0.1, 0.15) is 12.2 Å². The maximum Gasteiger partial charge on any atom is 0.252 e. The first kappa shape index (κ1) is 17.1. The lowest BCUT2D eigenvalue weighted by atomic mass is 9.99. The second kappa shape index (κ2) is 6.63. The minimum absolute atomic E-state index is 0.103. The number of benzene rings is 1. The van der Waals surface area contributed by atoms with Crippen molar-refractivity contribution in [3.63, 3.8) is 0 Å². The van der Waals surface area contributed by atoms with Crippen molar-refractivity contribution < 1.29 is 4.79 Å². The van der Waals surface area contributed by atoms with Crippen LogP contribution in [-0.4, -0.2) is 25.7 Å². The van der Waals surface area contributed by atoms with E-state index in [0.717, 1.165) is 40.0 Å². The van der Waals surface area contributed by atoms with Gasteiger partial charge in [-0.1, -0.05) is 18.6 Å². The zero-order valence-electron chi connectivity index (χ0n) is 15.3. The first-order valence-electron chi connectivity index (χ1n) is 8.44. The molecule has 0 aliphatic heterocycles. The quantitative estimate of drug-likeness (QED) is 0.793. The van der Waals surface area contributed by atoms with Crippen molar-refractivity contribution in [2.24, 2.45) is 7.05 Å². The fraction of sp³-hybridized carbons (Fsp3) is 0.368. The van der Waals surface area contributed by atoms with Crippen LogP contribution in [0.15, 0.2) is 24.5 Å². The minimum Gasteiger partial charge on any atom is -0.342 e. The van der Waals surface area contributed by atoms with Crippen molar-refractivity contribution in [2.75, 3.05) is 0 Å². The molecule has 25 heavy (non-hydrogen) atoms. The summed E-state index contributed by atoms with van der Waals surface area (Å²) in [5.74, 6) is 0.646. The number of carbonyl (C=O) groups excluding carboxylic acids is 1. The van der Waals surface area contributed by atoms with E-state index in [2.05, 4.69) is 20.4 Å². The van der Waals surface area contributed by atoms with Crippen molar-refractivity contribution in [3.05, 3.63) is 52.7 Å². The molecule has 3 rings (SSSR count). The molecule has 0 aliphatic rings. The van der Waals surface area contributed by atoms with Gasteiger partial charge in [0.15, 0.2) is 0 Å². The van der Waals surface area contributed by atoms with E-state index in [4.69, 9.17) is 0 Å². The summed E-state index contributed by atoms with van der Waals surface area (Å²) < 4.78 is 1.70. The lowest BCUT2D eigenvalue weighted by Crippen LogP contribution is -2.31. The van der Waals surface area contributed by atoms with E-state index in [0.29, 0.717) is 5.56 Å². The summed E-state index contributed by atoms with van der Waals surface area (Å²) in [6, 6.07) is 5.81. The Morgan fingerprint density at radius 1 is 1.28 bits per heavy atom. The Balaban J connectivity index is 2.06. The topological polar surface area (TPSA) is 72.7 Å². The number of nitrogens with zero attached hydrogens (tertiary/aromatic N) is 4. The number of pyridine rings is 1. The van der Waals surface area contributed by atoms with Gasteiger partial charge in [0.05, 0.1) is 17.1 Å². The minimum atomic E-state index is -0.187. The van der Waals surface area contributed by atoms with Gasteiger partial charge >= 0.3 is 0 Å². The Bertz CT molecular complexity index is 944. The van der Waals surface area contributed by atoms with E-state index in [1.807, 2.05) is 52.9 Å². The van der Waals surface area contributed by atoms with E-state index in [1.165, 1.54) is 6.33 Å². The molecule has 0 aliphatic carbocycles. The van der Waals surface area contributed by atoms with Crippen LogP contribution < -0.4 is 5.32 Å². The standard InChI is InChI=1S/C19H23N5O/c1-6-15(18-20-10-21-24(18)5)23-19(25)17-12(3)13(4)22-16-8-7-11(2)9-14(16)17/h7-10,15H,6H2,1-5H3,(H,23,25)/t15-/m0/s1. The van der Waals surface area contributed by atoms with Crippen LogP contribution in [0.4, 0.5) is 0 Å². The van der Waals surface area contributed by atoms with Gasteiger partial charge in [-0.2, -0.15) is 5.10 Å². The van der Waals surface area contributed by atoms with E-state index in [9.17, 15) is 4.79 Å². The zero-order chi connectivity index (χ0) is 18.1. The molecule has 3 aromatic rings. The summed E-state index contributed by atoms with van der Waals surface area (Å²) in [6.45, 7) is 7.92. The maximum atomic E-state index is 13.1. The molecule has 2 heterocycles. The summed E-state index contributed by atoms with van der Waals surface area (Å²) in [4.78, 5) is 22.0. The molecule has 0 saturated heterocycles. The third-order valence-electron chi connectivity index (χ3n) is 4.63. The summed E-state index contributed by atoms with van der Waals surface area (Å²) >= 11 is 0. The first-order chi connectivity index (χ1) is 11.9. The lowest BCUT2D eigenvalue weighted by molar-refractivity contribution is 0.0934. The molecule has 1 atom stereocenters. The van der Waals surface area contributed by atoms with Gasteiger partial charge in [-0.05, 0) is 44.9 Å². The second-order valence-electron chi connectivity index (χ2n) is 6.39. The van der Waals surface area contributed by atoms with Crippen LogP contribution in [-0.2, 0) is 7.05 Å². The molecule has 6 nitrogen and oxygen atoms in total. The van der Waals surface area contributed by atoms with Crippen LogP contribution >= 0.6 is 0 Å². The molecule has 2 aromatic heterocycles. The Labute approximate surface area is 147 Å². The zero-order valence-corrected chi connectivity index (χ0v) is 15.3. The Kier molecular flexibility index (Phi) is 4.53. The average Bonchev–Trinajstić information content (AvgIpc) is 3.00. The number of nitrogens with one attached hydrogen (secondary N) is 1. The van der Waals surface area contributed by atoms with Crippen LogP contribution in [0.5, 0.6) is 0 Å². The highest BCUT2D eigenvalue weighted by Crippen LogP contribution is 2.25. The predicted molar refractivity (Wildman–Crippen MR) is 97.5 cm³/mol. The molecule has 0 spiro atoms. The van der Waals surface area contributed by atoms with Gasteiger partial charge in [0, 0.05) is 18.1 Å². The fourth-order valence-electron chi connectivity index (χ4n) is 3.09. The highest BCUT2D eigenvalue weighted by molar-refractivity contribution is 6.07. The highest BCUT2D eigenvalue weighted by atomic mass is 16.1. The van der Waals surface area contributed by atoms with E-state index in [1.54, 1.807) is 4.68 Å². The highest BCUT2D eigenvalue weighted by Gasteiger charge is 2.22. The van der Waals surface area contributed by atoms with Crippen LogP contribution in [0.1, 0.15) is 52.4 Å². The maximum absolute atomic E-state index is 13.1. The van der Waals surface area contributed by atoms with Crippen molar-refractivity contribution in [3.8, 4) is 0 Å². The van der Waals surface area contributed by atoms with Gasteiger partial charge in [-0.25, -0.2) is 4.98 Å². The largest absolute Gasteiger partial charge is 0.342 e. The third kappa shape index (κ3) is 3.12. The average molecular weight is 337 g/mol. The van der Waals surface area contributed by atoms with Gasteiger partial charge < -0.3 is 5.32 Å². The molecule has 0 radical (unpaired) electrons. The summed E-state index contributed by atoms with van der Waals surface area (Å²) in [5, 5.41) is 8.10. The van der Waals surface area contributed by atoms with Crippen LogP contribution in [0.25, 0.3) is 10.9 Å². The molecule has 0 unspecified atom stereocenters. The third-order valence-corrected chi connectivity index (χ3v) is 4.63. The van der Waals surface area contributed by atoms with Gasteiger partial charge in [0.25, 0.3) is 5.91 Å². The van der Waals surface area contributed by atoms with Crippen molar-refractivity contribution >= 4 is 16.8 Å². The predicted octanol–water partition coefficient (Wildman–Crippen LogP) is 3.17. The lowest BCUT2D eigenvalue weighted by Gasteiger charge is -2.18. The normalized spacial score (nSPS) is 12.4. The Morgan fingerprint density at radius 2 is 2.04 bits per heavy atom. The second-order valence-corrected chi connectivity index (χ2v) is 6.39. The van der Waals surface area contributed by atoms with Gasteiger partial charge in [-0.15, -0.1) is 0 Å². The molecule has 0 bridgehead atoms. The van der Waals surface area contributed by atoms with Crippen molar-refractivity contribution in [1.82, 2.24) is 25.1 Å². The number of aromatic nitrogens is 4. The summed E-state index contributed by atoms with van der Waals surface area (Å²) in [7, 11) is 1.83. The number of amides is 1. The number of fused-ring (bicyclic) bond motifs is 1. The van der Waals surface area contributed by atoms with E-state index in [-0.39, 0.29) is 11.9 Å². The number of aryl methyl sites for hydroxylation is 3. The molecular weight excluding hydrogens is 314 g/mol. The number of rotatable bonds is 4. The number of carbonyl (C=O) groups is 1. The molecule has 1 aromatic carbocycles. The monoisotopic (exact) mass is 337 g/mol. The smallest absolute Gasteiger partial charge is 0.252 e. The molecular formula is C19H23N5O. The van der Waals surface area contributed by atoms with E-state index < -0.39 is 0 Å². The molecule has 0 fully saturated rings. The van der Waals surface area contributed by atoms with Crippen molar-refractivity contribution in [2.45, 2.75) is 40.2 Å². The molecule has 0 saturated carbocycles. The SMILES string of the molecule is CC[C@H](NC(=O)c1c(C)c(C)nc2ccc(C)cc12)c1ncnn1C. The molecule has 1 N–H and O–H groups in total. The number of hydrogen-bond acceptors (Lipinski definition) is 4. The van der Waals surface area contributed by atoms with Crippen LogP contribution in [0.2, 0.25) is 0 Å². The Hall–Kier alpha value is -2.76. The first-order valence-corrected chi connectivity index (χ1v) is 8.44. The molecule has 6 heteroatoms. The number of hydrogen-bond donors (Lipinski definition) is 1. The van der Waals surface area contributed by atoms with Crippen LogP contribution in [0.3, 0.4) is 0 Å². The fourth-order valence-corrected chi connectivity index (χ4v) is 3.09. The Morgan fingerprint density at radius 3 is 2.68 bits per heavy atom.